The Morgan fingerprint density at radius 3 is 2.00 bits per heavy atom. The molecule has 0 heterocycles. The second kappa shape index (κ2) is 17.1. The van der Waals surface area contributed by atoms with E-state index in [9.17, 15) is 14.4 Å². The van der Waals surface area contributed by atoms with Gasteiger partial charge in [-0.05, 0) is 82.6 Å². The van der Waals surface area contributed by atoms with Gasteiger partial charge in [-0.15, -0.1) is 0 Å². The number of nitrogens with one attached hydrogen (secondary N) is 2. The van der Waals surface area contributed by atoms with Gasteiger partial charge in [-0.3, -0.25) is 9.59 Å². The fourth-order valence-electron chi connectivity index (χ4n) is 5.32. The quantitative estimate of drug-likeness (QED) is 0.203. The molecule has 2 atom stereocenters. The van der Waals surface area contributed by atoms with E-state index in [4.69, 9.17) is 4.74 Å². The predicted molar refractivity (Wildman–Crippen MR) is 176 cm³/mol. The average Bonchev–Trinajstić information content (AvgIpc) is 2.90. The second-order valence-corrected chi connectivity index (χ2v) is 13.1. The van der Waals surface area contributed by atoms with Crippen LogP contribution in [0.15, 0.2) is 42.5 Å². The van der Waals surface area contributed by atoms with Crippen LogP contribution in [0.25, 0.3) is 0 Å². The number of alkyl carbamates (subject to hydrolysis) is 1. The lowest BCUT2D eigenvalue weighted by atomic mass is 9.95. The molecule has 0 aromatic heterocycles. The predicted octanol–water partition coefficient (Wildman–Crippen LogP) is 8.42. The third-order valence-corrected chi connectivity index (χ3v) is 7.50. The van der Waals surface area contributed by atoms with Crippen LogP contribution in [0, 0.1) is 26.7 Å². The summed E-state index contributed by atoms with van der Waals surface area (Å²) >= 11 is 0. The molecule has 2 unspecified atom stereocenters. The maximum atomic E-state index is 14.5. The number of nitrogens with zero attached hydrogens (tertiary/aromatic N) is 1. The standard InChI is InChI=1S/C36H55N3O4/c1-10-11-12-13-14-17-23-39(34(41)30(24-25(2)3)37-35(42)43-36(7,8)9)32(29-22-16-15-19-26(29)4)33(40)38-31-27(5)20-18-21-28(31)6/h15-16,18-22,25,30,32H,10-14,17,23-24H2,1-9H3,(H,37,42)(H,38,40). The number of carbonyl (C=O) groups excluding carboxylic acids is 3. The molecule has 43 heavy (non-hydrogen) atoms. The zero-order chi connectivity index (χ0) is 32.2. The minimum absolute atomic E-state index is 0.125. The Morgan fingerprint density at radius 2 is 1.42 bits per heavy atom. The number of unbranched alkanes of at least 4 members (excludes halogenated alkanes) is 5. The van der Waals surface area contributed by atoms with Gasteiger partial charge in [-0.2, -0.15) is 0 Å². The molecule has 2 rings (SSSR count). The van der Waals surface area contributed by atoms with Gasteiger partial charge in [0.2, 0.25) is 5.91 Å². The Morgan fingerprint density at radius 1 is 0.837 bits per heavy atom. The molecule has 2 aromatic carbocycles. The smallest absolute Gasteiger partial charge is 0.408 e. The van der Waals surface area contributed by atoms with Gasteiger partial charge in [0, 0.05) is 12.2 Å². The van der Waals surface area contributed by atoms with Gasteiger partial charge in [0.05, 0.1) is 0 Å². The van der Waals surface area contributed by atoms with E-state index in [-0.39, 0.29) is 17.7 Å². The molecule has 2 aromatic rings. The van der Waals surface area contributed by atoms with Crippen LogP contribution in [0.1, 0.15) is 115 Å². The van der Waals surface area contributed by atoms with Crippen molar-refractivity contribution in [2.45, 2.75) is 125 Å². The summed E-state index contributed by atoms with van der Waals surface area (Å²) in [6.07, 6.45) is 6.06. The summed E-state index contributed by atoms with van der Waals surface area (Å²) in [5.74, 6) is -0.426. The molecule has 0 spiro atoms. The van der Waals surface area contributed by atoms with Gasteiger partial charge in [0.25, 0.3) is 5.91 Å². The number of ether oxygens (including phenoxy) is 1. The second-order valence-electron chi connectivity index (χ2n) is 13.1. The highest BCUT2D eigenvalue weighted by atomic mass is 16.6. The Balaban J connectivity index is 2.57. The number of amides is 3. The van der Waals surface area contributed by atoms with Crippen LogP contribution < -0.4 is 10.6 Å². The Labute approximate surface area is 260 Å². The van der Waals surface area contributed by atoms with E-state index >= 15 is 0 Å². The van der Waals surface area contributed by atoms with Gasteiger partial charge < -0.3 is 20.3 Å². The molecule has 0 saturated carbocycles. The molecule has 0 aliphatic heterocycles. The normalized spacial score (nSPS) is 12.9. The summed E-state index contributed by atoms with van der Waals surface area (Å²) in [6, 6.07) is 11.9. The Hall–Kier alpha value is -3.35. The van der Waals surface area contributed by atoms with E-state index in [0.717, 1.165) is 60.0 Å². The van der Waals surface area contributed by atoms with Crippen molar-refractivity contribution in [1.29, 1.82) is 0 Å². The van der Waals surface area contributed by atoms with Crippen LogP contribution in [0.2, 0.25) is 0 Å². The maximum Gasteiger partial charge on any atom is 0.408 e. The zero-order valence-corrected chi connectivity index (χ0v) is 28.0. The zero-order valence-electron chi connectivity index (χ0n) is 28.0. The van der Waals surface area contributed by atoms with E-state index in [0.29, 0.717) is 13.0 Å². The molecule has 3 amide bonds. The minimum Gasteiger partial charge on any atom is -0.444 e. The van der Waals surface area contributed by atoms with Crippen LogP contribution in [0.3, 0.4) is 0 Å². The number of hydrogen-bond donors (Lipinski definition) is 2. The van der Waals surface area contributed by atoms with Crippen molar-refractivity contribution >= 4 is 23.6 Å². The fourth-order valence-corrected chi connectivity index (χ4v) is 5.32. The summed E-state index contributed by atoms with van der Waals surface area (Å²) < 4.78 is 5.53. The molecule has 0 aliphatic rings. The molecule has 0 radical (unpaired) electrons. The first-order valence-corrected chi connectivity index (χ1v) is 16.0. The molecule has 7 heteroatoms. The van der Waals surface area contributed by atoms with E-state index in [1.807, 2.05) is 77.1 Å². The van der Waals surface area contributed by atoms with E-state index in [2.05, 4.69) is 17.6 Å². The number of anilines is 1. The van der Waals surface area contributed by atoms with E-state index < -0.39 is 23.8 Å². The number of carbonyl (C=O) groups is 3. The van der Waals surface area contributed by atoms with Gasteiger partial charge in [-0.25, -0.2) is 4.79 Å². The van der Waals surface area contributed by atoms with Crippen molar-refractivity contribution in [3.63, 3.8) is 0 Å². The van der Waals surface area contributed by atoms with Crippen LogP contribution in [0.4, 0.5) is 10.5 Å². The Kier molecular flexibility index (Phi) is 14.2. The van der Waals surface area contributed by atoms with Gasteiger partial charge in [-0.1, -0.05) is 95.3 Å². The molecule has 0 saturated heterocycles. The topological polar surface area (TPSA) is 87.7 Å². The molecule has 0 aliphatic carbocycles. The third-order valence-electron chi connectivity index (χ3n) is 7.50. The molecular formula is C36H55N3O4. The van der Waals surface area contributed by atoms with Crippen molar-refractivity contribution in [3.05, 3.63) is 64.7 Å². The first-order chi connectivity index (χ1) is 20.2. The summed E-state index contributed by atoms with van der Waals surface area (Å²) in [4.78, 5) is 43.5. The number of rotatable bonds is 15. The first-order valence-electron chi connectivity index (χ1n) is 16.0. The van der Waals surface area contributed by atoms with E-state index in [1.165, 1.54) is 6.42 Å². The highest BCUT2D eigenvalue weighted by Gasteiger charge is 2.37. The SMILES string of the molecule is CCCCCCCCN(C(=O)C(CC(C)C)NC(=O)OC(C)(C)C)C(C(=O)Nc1c(C)cccc1C)c1ccccc1C. The number of para-hydroxylation sites is 1. The summed E-state index contributed by atoms with van der Waals surface area (Å²) in [7, 11) is 0. The van der Waals surface area contributed by atoms with Gasteiger partial charge in [0.15, 0.2) is 0 Å². The van der Waals surface area contributed by atoms with Crippen LogP contribution >= 0.6 is 0 Å². The lowest BCUT2D eigenvalue weighted by Crippen LogP contribution is -2.53. The van der Waals surface area contributed by atoms with Crippen molar-refractivity contribution in [2.75, 3.05) is 11.9 Å². The van der Waals surface area contributed by atoms with Crippen molar-refractivity contribution < 1.29 is 19.1 Å². The van der Waals surface area contributed by atoms with Crippen LogP contribution in [-0.2, 0) is 14.3 Å². The summed E-state index contributed by atoms with van der Waals surface area (Å²) in [5, 5.41) is 6.01. The highest BCUT2D eigenvalue weighted by molar-refractivity contribution is 6.00. The summed E-state index contributed by atoms with van der Waals surface area (Å²) in [6.45, 7) is 17.9. The first kappa shape index (κ1) is 35.8. The molecule has 0 bridgehead atoms. The van der Waals surface area contributed by atoms with Crippen molar-refractivity contribution in [3.8, 4) is 0 Å². The highest BCUT2D eigenvalue weighted by Crippen LogP contribution is 2.30. The monoisotopic (exact) mass is 593 g/mol. The van der Waals surface area contributed by atoms with Gasteiger partial charge >= 0.3 is 6.09 Å². The molecule has 2 N–H and O–H groups in total. The number of benzene rings is 2. The van der Waals surface area contributed by atoms with E-state index in [1.54, 1.807) is 25.7 Å². The molecule has 238 valence electrons. The van der Waals surface area contributed by atoms with Crippen molar-refractivity contribution in [2.24, 2.45) is 5.92 Å². The largest absolute Gasteiger partial charge is 0.444 e. The van der Waals surface area contributed by atoms with Crippen LogP contribution in [0.5, 0.6) is 0 Å². The number of hydrogen-bond acceptors (Lipinski definition) is 4. The molecule has 7 nitrogen and oxygen atoms in total. The van der Waals surface area contributed by atoms with Crippen molar-refractivity contribution in [1.82, 2.24) is 10.2 Å². The average molecular weight is 594 g/mol. The third kappa shape index (κ3) is 11.7. The number of aryl methyl sites for hydroxylation is 3. The molecular weight excluding hydrogens is 538 g/mol. The van der Waals surface area contributed by atoms with Gasteiger partial charge in [0.1, 0.15) is 17.7 Å². The maximum absolute atomic E-state index is 14.5. The summed E-state index contributed by atoms with van der Waals surface area (Å²) in [5.41, 5.74) is 3.65. The lowest BCUT2D eigenvalue weighted by molar-refractivity contribution is -0.141. The molecule has 0 fully saturated rings. The Bertz CT molecular complexity index is 1180. The van der Waals surface area contributed by atoms with Crippen LogP contribution in [-0.4, -0.2) is 41.0 Å². The minimum atomic E-state index is -0.876. The lowest BCUT2D eigenvalue weighted by Gasteiger charge is -2.35. The fraction of sp³-hybridized carbons (Fsp3) is 0.583.